The van der Waals surface area contributed by atoms with Crippen molar-refractivity contribution in [2.24, 2.45) is 0 Å². The molecule has 2 nitrogen and oxygen atoms in total. The lowest BCUT2D eigenvalue weighted by atomic mass is 10.2. The predicted molar refractivity (Wildman–Crippen MR) is 63.6 cm³/mol. The molecule has 0 radical (unpaired) electrons. The smallest absolute Gasteiger partial charge is 0.173 e. The molecule has 0 bridgehead atoms. The van der Waals surface area contributed by atoms with Crippen molar-refractivity contribution in [3.05, 3.63) is 40.1 Å². The Hall–Kier alpha value is -1.23. The number of hydrogen-bond acceptors (Lipinski definition) is 1. The van der Waals surface area contributed by atoms with E-state index in [1.54, 1.807) is 6.20 Å². The topological polar surface area (TPSA) is 28.7 Å². The summed E-state index contributed by atoms with van der Waals surface area (Å²) in [7, 11) is 0. The molecule has 5 heteroatoms. The van der Waals surface area contributed by atoms with Crippen LogP contribution in [0.1, 0.15) is 24.5 Å². The van der Waals surface area contributed by atoms with Crippen LogP contribution in [0.2, 0.25) is 0 Å². The molecule has 0 saturated heterocycles. The number of aromatic nitrogens is 2. The number of imidazole rings is 1. The Morgan fingerprint density at radius 2 is 2.06 bits per heavy atom. The van der Waals surface area contributed by atoms with Crippen LogP contribution in [0.5, 0.6) is 0 Å². The standard InChI is InChI=1S/C12H9BrF2N2/c13-10-7(3-4-8(14)11(10)15)12-16-5-9(17-12)6-1-2-6/h3-6H,1-2H2,(H,16,17). The molecular weight excluding hydrogens is 290 g/mol. The number of nitrogens with zero attached hydrogens (tertiary/aromatic N) is 1. The van der Waals surface area contributed by atoms with Crippen molar-refractivity contribution in [2.45, 2.75) is 18.8 Å². The highest BCUT2D eigenvalue weighted by Gasteiger charge is 2.26. The van der Waals surface area contributed by atoms with Crippen molar-refractivity contribution < 1.29 is 8.78 Å². The Morgan fingerprint density at radius 1 is 1.29 bits per heavy atom. The second-order valence-electron chi connectivity index (χ2n) is 4.18. The summed E-state index contributed by atoms with van der Waals surface area (Å²) in [6.45, 7) is 0. The van der Waals surface area contributed by atoms with E-state index in [2.05, 4.69) is 25.9 Å². The molecule has 3 rings (SSSR count). The van der Waals surface area contributed by atoms with Gasteiger partial charge in [0.2, 0.25) is 0 Å². The number of H-pyrrole nitrogens is 1. The molecular formula is C12H9BrF2N2. The Morgan fingerprint density at radius 3 is 2.76 bits per heavy atom. The molecule has 88 valence electrons. The quantitative estimate of drug-likeness (QED) is 0.834. The van der Waals surface area contributed by atoms with E-state index in [0.717, 1.165) is 11.8 Å². The van der Waals surface area contributed by atoms with Gasteiger partial charge in [-0.25, -0.2) is 13.8 Å². The van der Waals surface area contributed by atoms with Crippen LogP contribution in [0.25, 0.3) is 11.4 Å². The van der Waals surface area contributed by atoms with Gasteiger partial charge in [0.1, 0.15) is 5.82 Å². The van der Waals surface area contributed by atoms with Crippen LogP contribution < -0.4 is 0 Å². The molecule has 1 aliphatic carbocycles. The summed E-state index contributed by atoms with van der Waals surface area (Å²) in [5, 5.41) is 0. The summed E-state index contributed by atoms with van der Waals surface area (Å²) < 4.78 is 26.5. The first kappa shape index (κ1) is 10.9. The van der Waals surface area contributed by atoms with E-state index in [1.807, 2.05) is 0 Å². The van der Waals surface area contributed by atoms with Crippen LogP contribution in [0, 0.1) is 11.6 Å². The van der Waals surface area contributed by atoms with Gasteiger partial charge in [0.25, 0.3) is 0 Å². The molecule has 2 aromatic rings. The SMILES string of the molecule is Fc1ccc(-c2ncc(C3CC3)[nH]2)c(Br)c1F. The molecule has 0 aliphatic heterocycles. The first-order valence-electron chi connectivity index (χ1n) is 5.35. The molecule has 0 spiro atoms. The van der Waals surface area contributed by atoms with E-state index in [-0.39, 0.29) is 4.47 Å². The van der Waals surface area contributed by atoms with Crippen LogP contribution in [-0.2, 0) is 0 Å². The Kier molecular flexibility index (Phi) is 2.50. The fraction of sp³-hybridized carbons (Fsp3) is 0.250. The van der Waals surface area contributed by atoms with Gasteiger partial charge in [-0.05, 0) is 40.9 Å². The van der Waals surface area contributed by atoms with Crippen LogP contribution in [-0.4, -0.2) is 9.97 Å². The molecule has 17 heavy (non-hydrogen) atoms. The Bertz CT molecular complexity index is 576. The first-order chi connectivity index (χ1) is 8.16. The van der Waals surface area contributed by atoms with E-state index in [0.29, 0.717) is 17.3 Å². The Balaban J connectivity index is 2.05. The summed E-state index contributed by atoms with van der Waals surface area (Å²) >= 11 is 3.05. The molecule has 0 unspecified atom stereocenters. The lowest BCUT2D eigenvalue weighted by Crippen LogP contribution is -1.90. The number of halogens is 3. The average molecular weight is 299 g/mol. The van der Waals surface area contributed by atoms with Gasteiger partial charge < -0.3 is 4.98 Å². The highest BCUT2D eigenvalue weighted by atomic mass is 79.9. The van der Waals surface area contributed by atoms with Gasteiger partial charge in [-0.3, -0.25) is 0 Å². The second kappa shape index (κ2) is 3.91. The zero-order chi connectivity index (χ0) is 12.0. The van der Waals surface area contributed by atoms with Crippen molar-refractivity contribution in [3.63, 3.8) is 0 Å². The number of hydrogen-bond donors (Lipinski definition) is 1. The van der Waals surface area contributed by atoms with Gasteiger partial charge in [0.05, 0.1) is 4.47 Å². The molecule has 0 atom stereocenters. The van der Waals surface area contributed by atoms with Crippen LogP contribution in [0.15, 0.2) is 22.8 Å². The fourth-order valence-electron chi connectivity index (χ4n) is 1.78. The zero-order valence-corrected chi connectivity index (χ0v) is 10.4. The van der Waals surface area contributed by atoms with Crippen molar-refractivity contribution in [1.82, 2.24) is 9.97 Å². The Labute approximate surface area is 105 Å². The number of nitrogens with one attached hydrogen (secondary N) is 1. The average Bonchev–Trinajstić information content (AvgIpc) is 3.06. The van der Waals surface area contributed by atoms with E-state index in [1.165, 1.54) is 18.9 Å². The van der Waals surface area contributed by atoms with Gasteiger partial charge in [0, 0.05) is 23.4 Å². The maximum absolute atomic E-state index is 13.4. The molecule has 1 aromatic carbocycles. The summed E-state index contributed by atoms with van der Waals surface area (Å²) in [4.78, 5) is 7.35. The number of benzene rings is 1. The summed E-state index contributed by atoms with van der Waals surface area (Å²) in [6, 6.07) is 2.62. The molecule has 1 aromatic heterocycles. The number of aromatic amines is 1. The third-order valence-electron chi connectivity index (χ3n) is 2.90. The highest BCUT2D eigenvalue weighted by Crippen LogP contribution is 2.40. The molecule has 1 N–H and O–H groups in total. The van der Waals surface area contributed by atoms with Crippen LogP contribution >= 0.6 is 15.9 Å². The summed E-state index contributed by atoms with van der Waals surface area (Å²) in [6.07, 6.45) is 4.10. The van der Waals surface area contributed by atoms with Crippen molar-refractivity contribution in [2.75, 3.05) is 0 Å². The number of rotatable bonds is 2. The molecule has 1 fully saturated rings. The summed E-state index contributed by atoms with van der Waals surface area (Å²) in [5.74, 6) is -0.625. The predicted octanol–water partition coefficient (Wildman–Crippen LogP) is 3.99. The van der Waals surface area contributed by atoms with Crippen LogP contribution in [0.4, 0.5) is 8.78 Å². The van der Waals surface area contributed by atoms with Crippen molar-refractivity contribution in [1.29, 1.82) is 0 Å². The second-order valence-corrected chi connectivity index (χ2v) is 4.98. The fourth-order valence-corrected chi connectivity index (χ4v) is 2.29. The normalized spacial score (nSPS) is 15.2. The maximum atomic E-state index is 13.4. The largest absolute Gasteiger partial charge is 0.342 e. The van der Waals surface area contributed by atoms with E-state index < -0.39 is 11.6 Å². The summed E-state index contributed by atoms with van der Waals surface area (Å²) in [5.41, 5.74) is 1.60. The van der Waals surface area contributed by atoms with Crippen LogP contribution in [0.3, 0.4) is 0 Å². The van der Waals surface area contributed by atoms with E-state index in [4.69, 9.17) is 0 Å². The molecule has 1 heterocycles. The van der Waals surface area contributed by atoms with Crippen molar-refractivity contribution >= 4 is 15.9 Å². The van der Waals surface area contributed by atoms with E-state index >= 15 is 0 Å². The van der Waals surface area contributed by atoms with Gasteiger partial charge in [-0.1, -0.05) is 0 Å². The molecule has 1 aliphatic rings. The van der Waals surface area contributed by atoms with Gasteiger partial charge in [-0.15, -0.1) is 0 Å². The highest BCUT2D eigenvalue weighted by molar-refractivity contribution is 9.10. The van der Waals surface area contributed by atoms with Crippen molar-refractivity contribution in [3.8, 4) is 11.4 Å². The molecule has 1 saturated carbocycles. The third-order valence-corrected chi connectivity index (χ3v) is 3.68. The van der Waals surface area contributed by atoms with Gasteiger partial charge in [0.15, 0.2) is 11.6 Å². The zero-order valence-electron chi connectivity index (χ0n) is 8.80. The van der Waals surface area contributed by atoms with E-state index in [9.17, 15) is 8.78 Å². The van der Waals surface area contributed by atoms with Gasteiger partial charge >= 0.3 is 0 Å². The lowest BCUT2D eigenvalue weighted by molar-refractivity contribution is 0.504. The lowest BCUT2D eigenvalue weighted by Gasteiger charge is -2.03. The minimum atomic E-state index is -0.883. The molecule has 0 amide bonds. The minimum absolute atomic E-state index is 0.106. The maximum Gasteiger partial charge on any atom is 0.173 e. The minimum Gasteiger partial charge on any atom is -0.342 e. The monoisotopic (exact) mass is 298 g/mol. The first-order valence-corrected chi connectivity index (χ1v) is 6.15. The van der Waals surface area contributed by atoms with Gasteiger partial charge in [-0.2, -0.15) is 0 Å². The third kappa shape index (κ3) is 1.88.